The molecule has 0 spiro atoms. The number of hydrogen-bond donors (Lipinski definition) is 4. The maximum Gasteiger partial charge on any atom is 0.315 e. The van der Waals surface area contributed by atoms with Crippen molar-refractivity contribution in [2.75, 3.05) is 6.54 Å². The Hall–Kier alpha value is -2.50. The zero-order valence-electron chi connectivity index (χ0n) is 10.2. The number of carbonyl (C=O) groups excluding carboxylic acids is 2. The fourth-order valence-corrected chi connectivity index (χ4v) is 2.15. The molecule has 1 aromatic heterocycles. The molecule has 19 heavy (non-hydrogen) atoms. The van der Waals surface area contributed by atoms with Gasteiger partial charge in [-0.1, -0.05) is 18.2 Å². The largest absolute Gasteiger partial charge is 0.357 e. The molecule has 3 rings (SSSR count). The van der Waals surface area contributed by atoms with Crippen LogP contribution in [0.2, 0.25) is 0 Å². The molecule has 6 nitrogen and oxygen atoms in total. The average Bonchev–Trinajstić information content (AvgIpc) is 3.01. The molecule has 1 aliphatic rings. The summed E-state index contributed by atoms with van der Waals surface area (Å²) < 4.78 is 0. The summed E-state index contributed by atoms with van der Waals surface area (Å²) in [5.41, 5.74) is 1.98. The third-order valence-electron chi connectivity index (χ3n) is 3.13. The van der Waals surface area contributed by atoms with E-state index in [1.165, 1.54) is 0 Å². The average molecular weight is 258 g/mol. The second-order valence-electron chi connectivity index (χ2n) is 4.51. The van der Waals surface area contributed by atoms with Gasteiger partial charge in [-0.15, -0.1) is 0 Å². The van der Waals surface area contributed by atoms with Crippen LogP contribution in [0.25, 0.3) is 10.9 Å². The molecule has 2 heterocycles. The predicted octanol–water partition coefficient (Wildman–Crippen LogP) is 0.465. The quantitative estimate of drug-likeness (QED) is 0.645. The molecular weight excluding hydrogens is 244 g/mol. The van der Waals surface area contributed by atoms with Crippen LogP contribution in [0.3, 0.4) is 0 Å². The maximum atomic E-state index is 11.8. The zero-order valence-corrected chi connectivity index (χ0v) is 10.2. The summed E-state index contributed by atoms with van der Waals surface area (Å²) in [6, 6.07) is 9.14. The van der Waals surface area contributed by atoms with Crippen molar-refractivity contribution in [2.45, 2.75) is 12.6 Å². The van der Waals surface area contributed by atoms with Crippen molar-refractivity contribution in [3.63, 3.8) is 0 Å². The van der Waals surface area contributed by atoms with E-state index in [0.717, 1.165) is 16.6 Å². The third-order valence-corrected chi connectivity index (χ3v) is 3.13. The number of aromatic amines is 1. The topological polar surface area (TPSA) is 86.0 Å². The van der Waals surface area contributed by atoms with Crippen LogP contribution in [0.5, 0.6) is 0 Å². The number of H-pyrrole nitrogens is 1. The molecule has 1 fully saturated rings. The Morgan fingerprint density at radius 3 is 2.95 bits per heavy atom. The minimum Gasteiger partial charge on any atom is -0.357 e. The first-order valence-corrected chi connectivity index (χ1v) is 6.11. The number of benzene rings is 1. The van der Waals surface area contributed by atoms with E-state index < -0.39 is 6.04 Å². The highest BCUT2D eigenvalue weighted by Gasteiger charge is 2.26. The zero-order chi connectivity index (χ0) is 13.2. The van der Waals surface area contributed by atoms with E-state index >= 15 is 0 Å². The molecule has 1 unspecified atom stereocenters. The van der Waals surface area contributed by atoms with Crippen molar-refractivity contribution in [2.24, 2.45) is 0 Å². The second-order valence-corrected chi connectivity index (χ2v) is 4.51. The molecule has 4 N–H and O–H groups in total. The standard InChI is InChI=1S/C13H14N4O2/c18-12(11-7-15-13(19)17-11)14-6-9-5-8-3-1-2-4-10(8)16-9/h1-5,11,16H,6-7H2,(H,14,18)(H2,15,17,19). The fourth-order valence-electron chi connectivity index (χ4n) is 2.15. The molecule has 2 aromatic rings. The van der Waals surface area contributed by atoms with Crippen molar-refractivity contribution in [1.82, 2.24) is 20.9 Å². The molecule has 3 amide bonds. The molecule has 0 bridgehead atoms. The summed E-state index contributed by atoms with van der Waals surface area (Å²) in [4.78, 5) is 26.0. The SMILES string of the molecule is O=C1NCC(C(=O)NCc2cc3ccccc3[nH]2)N1. The van der Waals surface area contributed by atoms with Gasteiger partial charge in [-0.2, -0.15) is 0 Å². The Morgan fingerprint density at radius 2 is 2.21 bits per heavy atom. The van der Waals surface area contributed by atoms with Gasteiger partial charge in [0.25, 0.3) is 0 Å². The lowest BCUT2D eigenvalue weighted by Crippen LogP contribution is -2.42. The smallest absolute Gasteiger partial charge is 0.315 e. The van der Waals surface area contributed by atoms with Crippen molar-refractivity contribution >= 4 is 22.8 Å². The number of aromatic nitrogens is 1. The first kappa shape index (κ1) is 11.6. The summed E-state index contributed by atoms with van der Waals surface area (Å²) in [6.07, 6.45) is 0. The van der Waals surface area contributed by atoms with Crippen LogP contribution in [0.1, 0.15) is 5.69 Å². The minimum absolute atomic E-state index is 0.183. The van der Waals surface area contributed by atoms with Crippen molar-refractivity contribution in [1.29, 1.82) is 0 Å². The van der Waals surface area contributed by atoms with Crippen molar-refractivity contribution < 1.29 is 9.59 Å². The Balaban J connectivity index is 1.62. The van der Waals surface area contributed by atoms with Crippen LogP contribution in [-0.4, -0.2) is 29.5 Å². The summed E-state index contributed by atoms with van der Waals surface area (Å²) in [7, 11) is 0. The number of para-hydroxylation sites is 1. The Morgan fingerprint density at radius 1 is 1.37 bits per heavy atom. The van der Waals surface area contributed by atoms with Crippen LogP contribution >= 0.6 is 0 Å². The summed E-state index contributed by atoms with van der Waals surface area (Å²) in [5, 5.41) is 9.01. The normalized spacial score (nSPS) is 18.1. The molecule has 1 aliphatic heterocycles. The van der Waals surface area contributed by atoms with Gasteiger partial charge in [0.05, 0.1) is 6.54 Å². The highest BCUT2D eigenvalue weighted by atomic mass is 16.2. The number of rotatable bonds is 3. The molecule has 98 valence electrons. The van der Waals surface area contributed by atoms with E-state index in [1.54, 1.807) is 0 Å². The fraction of sp³-hybridized carbons (Fsp3) is 0.231. The summed E-state index contributed by atoms with van der Waals surface area (Å²) in [6.45, 7) is 0.747. The van der Waals surface area contributed by atoms with Crippen LogP contribution < -0.4 is 16.0 Å². The number of urea groups is 1. The number of hydrogen-bond acceptors (Lipinski definition) is 2. The predicted molar refractivity (Wildman–Crippen MR) is 70.5 cm³/mol. The van der Waals surface area contributed by atoms with Crippen molar-refractivity contribution in [3.8, 4) is 0 Å². The number of nitrogens with one attached hydrogen (secondary N) is 4. The molecule has 1 saturated heterocycles. The number of fused-ring (bicyclic) bond motifs is 1. The monoisotopic (exact) mass is 258 g/mol. The minimum atomic E-state index is -0.489. The first-order valence-electron chi connectivity index (χ1n) is 6.11. The van der Waals surface area contributed by atoms with Gasteiger partial charge in [0.15, 0.2) is 0 Å². The van der Waals surface area contributed by atoms with Crippen LogP contribution in [0.15, 0.2) is 30.3 Å². The van der Waals surface area contributed by atoms with Gasteiger partial charge in [0.2, 0.25) is 5.91 Å². The Labute approximate surface area is 109 Å². The Kier molecular flexibility index (Phi) is 2.83. The van der Waals surface area contributed by atoms with Gasteiger partial charge in [-0.25, -0.2) is 4.79 Å². The highest BCUT2D eigenvalue weighted by molar-refractivity contribution is 5.90. The van der Waals surface area contributed by atoms with Crippen molar-refractivity contribution in [3.05, 3.63) is 36.0 Å². The van der Waals surface area contributed by atoms with Gasteiger partial charge in [0.1, 0.15) is 6.04 Å². The van der Waals surface area contributed by atoms with Gasteiger partial charge in [-0.05, 0) is 17.5 Å². The van der Waals surface area contributed by atoms with E-state index in [2.05, 4.69) is 20.9 Å². The van der Waals surface area contributed by atoms with E-state index in [-0.39, 0.29) is 11.9 Å². The Bertz CT molecular complexity index is 601. The molecule has 0 aliphatic carbocycles. The van der Waals surface area contributed by atoms with E-state index in [4.69, 9.17) is 0 Å². The van der Waals surface area contributed by atoms with Crippen LogP contribution in [0.4, 0.5) is 4.79 Å². The number of carbonyl (C=O) groups is 2. The molecular formula is C13H14N4O2. The highest BCUT2D eigenvalue weighted by Crippen LogP contribution is 2.14. The lowest BCUT2D eigenvalue weighted by atomic mass is 10.2. The van der Waals surface area contributed by atoms with E-state index in [1.807, 2.05) is 30.3 Å². The molecule has 1 aromatic carbocycles. The van der Waals surface area contributed by atoms with E-state index in [0.29, 0.717) is 13.1 Å². The van der Waals surface area contributed by atoms with Gasteiger partial charge in [-0.3, -0.25) is 4.79 Å². The lowest BCUT2D eigenvalue weighted by molar-refractivity contribution is -0.122. The molecule has 6 heteroatoms. The van der Waals surface area contributed by atoms with Gasteiger partial charge < -0.3 is 20.9 Å². The third kappa shape index (κ3) is 2.37. The molecule has 0 saturated carbocycles. The van der Waals surface area contributed by atoms with Gasteiger partial charge in [0, 0.05) is 17.8 Å². The van der Waals surface area contributed by atoms with E-state index in [9.17, 15) is 9.59 Å². The summed E-state index contributed by atoms with van der Waals surface area (Å²) in [5.74, 6) is -0.183. The summed E-state index contributed by atoms with van der Waals surface area (Å²) >= 11 is 0. The lowest BCUT2D eigenvalue weighted by Gasteiger charge is -2.08. The van der Waals surface area contributed by atoms with Crippen LogP contribution in [-0.2, 0) is 11.3 Å². The first-order chi connectivity index (χ1) is 9.22. The van der Waals surface area contributed by atoms with Gasteiger partial charge >= 0.3 is 6.03 Å². The number of amides is 3. The second kappa shape index (κ2) is 4.64. The molecule has 1 atom stereocenters. The molecule has 0 radical (unpaired) electrons. The van der Waals surface area contributed by atoms with Crippen LogP contribution in [0, 0.1) is 0 Å². The maximum absolute atomic E-state index is 11.8.